The van der Waals surface area contributed by atoms with Gasteiger partial charge in [-0.2, -0.15) is 13.2 Å². The molecule has 0 saturated heterocycles. The second kappa shape index (κ2) is 10.5. The molecule has 0 bridgehead atoms. The molecule has 1 aromatic rings. The maximum Gasteiger partial charge on any atom is 0.430 e. The van der Waals surface area contributed by atoms with Crippen LogP contribution in [0.2, 0.25) is 10.0 Å². The minimum Gasteiger partial charge on any atom is -0.480 e. The average molecular weight is 490 g/mol. The quantitative estimate of drug-likeness (QED) is 0.206. The number of carboxylic acids is 1. The molecule has 0 spiro atoms. The number of aliphatic carboxylic acids is 1. The van der Waals surface area contributed by atoms with Crippen LogP contribution in [0.5, 0.6) is 5.75 Å². The molecule has 0 amide bonds. The van der Waals surface area contributed by atoms with Crippen molar-refractivity contribution >= 4 is 41.2 Å². The molecule has 3 N–H and O–H groups in total. The van der Waals surface area contributed by atoms with Gasteiger partial charge in [-0.25, -0.2) is 9.63 Å². The third-order valence-electron chi connectivity index (χ3n) is 3.60. The van der Waals surface area contributed by atoms with Crippen LogP contribution in [0.4, 0.5) is 13.2 Å². The lowest BCUT2D eigenvalue weighted by atomic mass is 10.0. The lowest BCUT2D eigenvalue weighted by Gasteiger charge is -2.28. The maximum absolute atomic E-state index is 13.4. The fraction of sp³-hybridized carbons (Fsp3) is 0.375. The van der Waals surface area contributed by atoms with Crippen LogP contribution < -0.4 is 10.3 Å². The van der Waals surface area contributed by atoms with Gasteiger partial charge in [0, 0.05) is 10.6 Å². The third-order valence-corrected chi connectivity index (χ3v) is 4.10. The molecule has 0 fully saturated rings. The minimum atomic E-state index is -4.96. The fourth-order valence-electron chi connectivity index (χ4n) is 2.45. The number of hydrazine groups is 1. The molecule has 172 valence electrons. The van der Waals surface area contributed by atoms with Crippen molar-refractivity contribution in [3.63, 3.8) is 0 Å². The molecule has 0 aromatic heterocycles. The van der Waals surface area contributed by atoms with Gasteiger partial charge >= 0.3 is 18.1 Å². The Balaban J connectivity index is 2.00. The molecule has 1 unspecified atom stereocenters. The van der Waals surface area contributed by atoms with Gasteiger partial charge < -0.3 is 14.6 Å². The molecule has 0 saturated carbocycles. The summed E-state index contributed by atoms with van der Waals surface area (Å²) in [6.45, 7) is -1.62. The summed E-state index contributed by atoms with van der Waals surface area (Å²) >= 11 is 11.7. The number of benzene rings is 1. The van der Waals surface area contributed by atoms with Crippen LogP contribution >= 0.6 is 23.2 Å². The summed E-state index contributed by atoms with van der Waals surface area (Å²) in [5, 5.41) is 18.3. The fourth-order valence-corrected chi connectivity index (χ4v) is 3.00. The van der Waals surface area contributed by atoms with E-state index in [9.17, 15) is 28.0 Å². The van der Waals surface area contributed by atoms with E-state index >= 15 is 0 Å². The Morgan fingerprint density at radius 2 is 2.00 bits per heavy atom. The van der Waals surface area contributed by atoms with Gasteiger partial charge in [-0.1, -0.05) is 28.4 Å². The van der Waals surface area contributed by atoms with E-state index in [-0.39, 0.29) is 28.0 Å². The van der Waals surface area contributed by atoms with Gasteiger partial charge in [-0.15, -0.1) is 5.59 Å². The molecule has 10 nitrogen and oxygen atoms in total. The Labute approximate surface area is 183 Å². The summed E-state index contributed by atoms with van der Waals surface area (Å²) in [6.07, 6.45) is -6.71. The van der Waals surface area contributed by atoms with Crippen LogP contribution in [0, 0.1) is 0 Å². The smallest absolute Gasteiger partial charge is 0.430 e. The predicted octanol–water partition coefficient (Wildman–Crippen LogP) is 2.30. The highest BCUT2D eigenvalue weighted by molar-refractivity contribution is 6.36. The predicted molar refractivity (Wildman–Crippen MR) is 98.8 cm³/mol. The number of hydrogen-bond donors (Lipinski definition) is 3. The maximum atomic E-state index is 13.4. The number of carbonyl (C=O) groups excluding carboxylic acids is 1. The van der Waals surface area contributed by atoms with Crippen molar-refractivity contribution in [1.29, 1.82) is 0 Å². The summed E-state index contributed by atoms with van der Waals surface area (Å²) in [5.41, 5.74) is 1.06. The van der Waals surface area contributed by atoms with E-state index in [1.54, 1.807) is 0 Å². The number of nitrogens with zero attached hydrogens (tertiary/aromatic N) is 2. The van der Waals surface area contributed by atoms with Crippen LogP contribution in [0.3, 0.4) is 0 Å². The van der Waals surface area contributed by atoms with E-state index in [2.05, 4.69) is 9.57 Å². The molecule has 1 aliphatic rings. The summed E-state index contributed by atoms with van der Waals surface area (Å²) in [5.74, 6) is -2.83. The molecular weight excluding hydrogens is 474 g/mol. The molecular formula is C16H16Cl2F3N3O7. The van der Waals surface area contributed by atoms with E-state index in [0.29, 0.717) is 5.17 Å². The Hall–Kier alpha value is -2.13. The van der Waals surface area contributed by atoms with Crippen molar-refractivity contribution in [1.82, 2.24) is 15.7 Å². The molecule has 0 radical (unpaired) electrons. The van der Waals surface area contributed by atoms with Crippen molar-refractivity contribution in [2.24, 2.45) is 0 Å². The van der Waals surface area contributed by atoms with Crippen LogP contribution in [0.15, 0.2) is 17.7 Å². The first-order valence-electron chi connectivity index (χ1n) is 8.23. The second-order valence-electron chi connectivity index (χ2n) is 6.18. The van der Waals surface area contributed by atoms with Crippen molar-refractivity contribution in [2.75, 3.05) is 27.1 Å². The number of carboxylic acid groups (broad SMARTS) is 1. The summed E-state index contributed by atoms with van der Waals surface area (Å²) < 4.78 is 49.7. The number of fused-ring (bicyclic) bond motifs is 1. The molecule has 1 aliphatic heterocycles. The van der Waals surface area contributed by atoms with Gasteiger partial charge in [0.25, 0.3) is 0 Å². The number of esters is 1. The lowest BCUT2D eigenvalue weighted by Crippen LogP contribution is -2.44. The normalized spacial score (nSPS) is 16.0. The minimum absolute atomic E-state index is 0.0481. The van der Waals surface area contributed by atoms with E-state index in [1.807, 2.05) is 5.59 Å². The zero-order valence-electron chi connectivity index (χ0n) is 15.7. The summed E-state index contributed by atoms with van der Waals surface area (Å²) in [4.78, 5) is 28.5. The molecule has 1 aromatic carbocycles. The van der Waals surface area contributed by atoms with Crippen molar-refractivity contribution in [3.8, 4) is 5.75 Å². The highest BCUT2D eigenvalue weighted by atomic mass is 35.5. The Kier molecular flexibility index (Phi) is 8.48. The van der Waals surface area contributed by atoms with E-state index in [4.69, 9.17) is 33.0 Å². The van der Waals surface area contributed by atoms with Crippen LogP contribution in [-0.4, -0.2) is 71.7 Å². The van der Waals surface area contributed by atoms with Gasteiger partial charge in [0.05, 0.1) is 23.8 Å². The molecule has 31 heavy (non-hydrogen) atoms. The van der Waals surface area contributed by atoms with Crippen molar-refractivity contribution in [2.45, 2.75) is 12.3 Å². The molecule has 1 atom stereocenters. The Morgan fingerprint density at radius 1 is 1.32 bits per heavy atom. The first-order valence-corrected chi connectivity index (χ1v) is 8.99. The van der Waals surface area contributed by atoms with Gasteiger partial charge in [0.2, 0.25) is 12.9 Å². The Bertz CT molecular complexity index is 870. The monoisotopic (exact) mass is 489 g/mol. The average Bonchev–Trinajstić information content (AvgIpc) is 2.62. The number of halogens is 5. The number of carbonyl (C=O) groups is 2. The standard InChI is InChI=1S/C16H16Cl2F3N3O7/c1-23(5-12(25)26)6-24(28)22-30-7-29-15(27)10-3-8-2-9(17)4-11(18)13(8)31-14(10)16(19,20)21/h2-4,14,22,28H,5-7H2,1H3,(H,25,26). The zero-order valence-corrected chi connectivity index (χ0v) is 17.2. The number of hydroxylamine groups is 1. The molecule has 2 rings (SSSR count). The van der Waals surface area contributed by atoms with Crippen LogP contribution in [-0.2, 0) is 19.2 Å². The zero-order chi connectivity index (χ0) is 23.3. The summed E-state index contributed by atoms with van der Waals surface area (Å²) in [7, 11) is 1.38. The van der Waals surface area contributed by atoms with Crippen LogP contribution in [0.1, 0.15) is 5.56 Å². The number of nitrogens with one attached hydrogen (secondary N) is 1. The highest BCUT2D eigenvalue weighted by Crippen LogP contribution is 2.42. The third kappa shape index (κ3) is 7.21. The topological polar surface area (TPSA) is 121 Å². The number of rotatable bonds is 9. The SMILES string of the molecule is CN(CC(=O)O)CN(O)NOCOC(=O)C1=Cc2cc(Cl)cc(Cl)c2OC1C(F)(F)F. The van der Waals surface area contributed by atoms with Crippen molar-refractivity contribution < 1.29 is 47.4 Å². The van der Waals surface area contributed by atoms with Gasteiger partial charge in [-0.05, 0) is 25.3 Å². The molecule has 0 aliphatic carbocycles. The highest BCUT2D eigenvalue weighted by Gasteiger charge is 2.49. The second-order valence-corrected chi connectivity index (χ2v) is 7.02. The number of hydrogen-bond acceptors (Lipinski definition) is 9. The van der Waals surface area contributed by atoms with Crippen LogP contribution in [0.25, 0.3) is 6.08 Å². The van der Waals surface area contributed by atoms with E-state index < -0.39 is 43.1 Å². The first kappa shape index (κ1) is 25.1. The number of alkyl halides is 3. The first-order chi connectivity index (χ1) is 14.4. The number of ether oxygens (including phenoxy) is 2. The van der Waals surface area contributed by atoms with Gasteiger partial charge in [0.1, 0.15) is 5.75 Å². The van der Waals surface area contributed by atoms with Crippen molar-refractivity contribution in [3.05, 3.63) is 33.3 Å². The lowest BCUT2D eigenvalue weighted by molar-refractivity contribution is -0.273. The molecule has 15 heteroatoms. The molecule has 1 heterocycles. The number of likely N-dealkylation sites (N-methyl/N-ethyl adjacent to an activating group) is 1. The van der Waals surface area contributed by atoms with Gasteiger partial charge in [0.15, 0.2) is 0 Å². The van der Waals surface area contributed by atoms with Gasteiger partial charge in [-0.3, -0.25) is 14.9 Å². The van der Waals surface area contributed by atoms with E-state index in [1.165, 1.54) is 24.1 Å². The largest absolute Gasteiger partial charge is 0.480 e. The Morgan fingerprint density at radius 3 is 2.61 bits per heavy atom. The van der Waals surface area contributed by atoms with E-state index in [0.717, 1.165) is 6.08 Å². The summed E-state index contributed by atoms with van der Waals surface area (Å²) in [6, 6.07) is 2.46.